The minimum absolute atomic E-state index is 0.231. The summed E-state index contributed by atoms with van der Waals surface area (Å²) in [7, 11) is 0. The number of hydrogen-bond acceptors (Lipinski definition) is 3. The Morgan fingerprint density at radius 1 is 1.32 bits per heavy atom. The van der Waals surface area contributed by atoms with Crippen LogP contribution >= 0.6 is 0 Å². The van der Waals surface area contributed by atoms with E-state index in [0.717, 1.165) is 5.56 Å². The van der Waals surface area contributed by atoms with Crippen LogP contribution in [0.15, 0.2) is 47.6 Å². The number of nitriles is 1. The second kappa shape index (κ2) is 5.69. The number of nitrogens with zero attached hydrogens (tertiary/aromatic N) is 3. The average Bonchev–Trinajstić information content (AvgIpc) is 2.47. The maximum atomic E-state index is 13.9. The van der Waals surface area contributed by atoms with E-state index < -0.39 is 5.82 Å². The predicted molar refractivity (Wildman–Crippen MR) is 72.8 cm³/mol. The van der Waals surface area contributed by atoms with Gasteiger partial charge in [-0.3, -0.25) is 4.99 Å². The lowest BCUT2D eigenvalue weighted by Crippen LogP contribution is -1.92. The summed E-state index contributed by atoms with van der Waals surface area (Å²) in [5, 5.41) is 8.74. The van der Waals surface area contributed by atoms with Crippen LogP contribution in [0.1, 0.15) is 16.8 Å². The molecule has 0 N–H and O–H groups in total. The fraction of sp³-hybridized carbons (Fsp3) is 0. The van der Waals surface area contributed by atoms with Crippen LogP contribution in [0.4, 0.5) is 4.39 Å². The molecule has 3 nitrogen and oxygen atoms in total. The van der Waals surface area contributed by atoms with E-state index >= 15 is 0 Å². The van der Waals surface area contributed by atoms with Gasteiger partial charge in [-0.1, -0.05) is 30.3 Å². The molecular formula is C15H10FN3. The zero-order valence-electron chi connectivity index (χ0n) is 10.0. The highest BCUT2D eigenvalue weighted by molar-refractivity contribution is 5.82. The maximum absolute atomic E-state index is 13.9. The first-order valence-corrected chi connectivity index (χ1v) is 5.54. The summed E-state index contributed by atoms with van der Waals surface area (Å²) in [4.78, 5) is 7.54. The van der Waals surface area contributed by atoms with Gasteiger partial charge < -0.3 is 0 Å². The normalized spacial score (nSPS) is 10.8. The Kier molecular flexibility index (Phi) is 3.79. The van der Waals surface area contributed by atoms with E-state index in [4.69, 9.17) is 5.26 Å². The number of hydrogen-bond donors (Lipinski definition) is 0. The van der Waals surface area contributed by atoms with E-state index in [0.29, 0.717) is 5.70 Å². The van der Waals surface area contributed by atoms with Gasteiger partial charge in [-0.15, -0.1) is 0 Å². The van der Waals surface area contributed by atoms with Gasteiger partial charge in [-0.25, -0.2) is 9.37 Å². The maximum Gasteiger partial charge on any atom is 0.176 e. The minimum Gasteiger partial charge on any atom is -0.264 e. The largest absolute Gasteiger partial charge is 0.264 e. The van der Waals surface area contributed by atoms with Gasteiger partial charge in [0, 0.05) is 17.3 Å². The van der Waals surface area contributed by atoms with E-state index in [1.165, 1.54) is 12.3 Å². The van der Waals surface area contributed by atoms with Gasteiger partial charge >= 0.3 is 0 Å². The Hall–Kier alpha value is -2.80. The molecule has 1 aromatic heterocycles. The zero-order chi connectivity index (χ0) is 13.7. The van der Waals surface area contributed by atoms with Crippen molar-refractivity contribution in [3.8, 4) is 6.07 Å². The van der Waals surface area contributed by atoms with Gasteiger partial charge in [0.05, 0.1) is 5.70 Å². The Morgan fingerprint density at radius 2 is 2.05 bits per heavy atom. The highest BCUT2D eigenvalue weighted by Gasteiger charge is 2.08. The van der Waals surface area contributed by atoms with Crippen molar-refractivity contribution in [2.45, 2.75) is 0 Å². The molecule has 0 aliphatic carbocycles. The Morgan fingerprint density at radius 3 is 2.68 bits per heavy atom. The number of aromatic nitrogens is 1. The van der Waals surface area contributed by atoms with E-state index in [2.05, 4.69) is 16.7 Å². The number of pyridine rings is 1. The molecule has 0 spiro atoms. The smallest absolute Gasteiger partial charge is 0.176 e. The zero-order valence-corrected chi connectivity index (χ0v) is 10.0. The Labute approximate surface area is 110 Å². The first-order valence-electron chi connectivity index (χ1n) is 5.54. The van der Waals surface area contributed by atoms with Crippen molar-refractivity contribution in [2.24, 2.45) is 4.99 Å². The fourth-order valence-electron chi connectivity index (χ4n) is 1.62. The van der Waals surface area contributed by atoms with Gasteiger partial charge in [-0.2, -0.15) is 5.26 Å². The topological polar surface area (TPSA) is 49.0 Å². The molecule has 0 bridgehead atoms. The molecule has 0 aliphatic rings. The van der Waals surface area contributed by atoms with Crippen LogP contribution in [-0.4, -0.2) is 11.7 Å². The van der Waals surface area contributed by atoms with E-state index in [1.54, 1.807) is 12.1 Å². The third-order valence-corrected chi connectivity index (χ3v) is 2.56. The predicted octanol–water partition coefficient (Wildman–Crippen LogP) is 3.29. The molecule has 0 radical (unpaired) electrons. The molecule has 0 aliphatic heterocycles. The van der Waals surface area contributed by atoms with Crippen molar-refractivity contribution in [2.75, 3.05) is 0 Å². The van der Waals surface area contributed by atoms with E-state index in [-0.39, 0.29) is 11.3 Å². The van der Waals surface area contributed by atoms with E-state index in [9.17, 15) is 4.39 Å². The number of halogens is 1. The van der Waals surface area contributed by atoms with Gasteiger partial charge in [0.25, 0.3) is 0 Å². The molecule has 4 heteroatoms. The first kappa shape index (κ1) is 12.7. The third-order valence-electron chi connectivity index (χ3n) is 2.56. The van der Waals surface area contributed by atoms with Crippen molar-refractivity contribution in [1.82, 2.24) is 4.98 Å². The van der Waals surface area contributed by atoms with E-state index in [1.807, 2.05) is 30.3 Å². The number of benzene rings is 1. The summed E-state index contributed by atoms with van der Waals surface area (Å²) in [6.45, 7) is 3.48. The molecule has 92 valence electrons. The first-order chi connectivity index (χ1) is 9.26. The molecule has 0 amide bonds. The summed E-state index contributed by atoms with van der Waals surface area (Å²) in [5.74, 6) is -0.651. The average molecular weight is 251 g/mol. The summed E-state index contributed by atoms with van der Waals surface area (Å²) in [5.41, 5.74) is 1.39. The summed E-state index contributed by atoms with van der Waals surface area (Å²) >= 11 is 0. The summed E-state index contributed by atoms with van der Waals surface area (Å²) in [6, 6.07) is 12.5. The van der Waals surface area contributed by atoms with Crippen molar-refractivity contribution in [3.05, 3.63) is 65.2 Å². The lowest BCUT2D eigenvalue weighted by Gasteiger charge is -2.03. The highest BCUT2D eigenvalue weighted by atomic mass is 19.1. The highest BCUT2D eigenvalue weighted by Crippen LogP contribution is 2.21. The number of rotatable bonds is 3. The second-order valence-corrected chi connectivity index (χ2v) is 3.73. The molecule has 0 saturated carbocycles. The summed E-state index contributed by atoms with van der Waals surface area (Å²) in [6.07, 6.45) is 2.93. The second-order valence-electron chi connectivity index (χ2n) is 3.73. The molecule has 2 rings (SSSR count). The van der Waals surface area contributed by atoms with Crippen molar-refractivity contribution >= 4 is 18.5 Å². The monoisotopic (exact) mass is 251 g/mol. The lowest BCUT2D eigenvalue weighted by molar-refractivity contribution is 0.614. The molecule has 1 heterocycles. The molecule has 0 fully saturated rings. The minimum atomic E-state index is -0.651. The molecule has 19 heavy (non-hydrogen) atoms. The molecule has 1 aromatic carbocycles. The Bertz CT molecular complexity index is 670. The number of aliphatic imine (C=N–C) groups is 1. The van der Waals surface area contributed by atoms with Crippen molar-refractivity contribution < 1.29 is 4.39 Å². The van der Waals surface area contributed by atoms with Crippen LogP contribution in [0.3, 0.4) is 0 Å². The van der Waals surface area contributed by atoms with Crippen LogP contribution < -0.4 is 0 Å². The molecular weight excluding hydrogens is 241 g/mol. The molecule has 2 aromatic rings. The van der Waals surface area contributed by atoms with Crippen LogP contribution in [0.25, 0.3) is 11.8 Å². The lowest BCUT2D eigenvalue weighted by atomic mass is 10.1. The standard InChI is InChI=1S/C15H10FN3/c1-18-13(11-5-3-2-4-6-11)9-12-7-8-19-14(10-17)15(12)16/h2-9H,1H2. The van der Waals surface area contributed by atoms with Gasteiger partial charge in [-0.05, 0) is 18.9 Å². The van der Waals surface area contributed by atoms with Crippen LogP contribution in [0.5, 0.6) is 0 Å². The quantitative estimate of drug-likeness (QED) is 0.786. The Balaban J connectivity index is 2.51. The SMILES string of the molecule is C=NC(=Cc1ccnc(C#N)c1F)c1ccccc1. The van der Waals surface area contributed by atoms with Crippen molar-refractivity contribution in [3.63, 3.8) is 0 Å². The third kappa shape index (κ3) is 2.72. The summed E-state index contributed by atoms with van der Waals surface area (Å²) < 4.78 is 13.9. The van der Waals surface area contributed by atoms with Crippen LogP contribution in [0, 0.1) is 17.1 Å². The van der Waals surface area contributed by atoms with Crippen LogP contribution in [0.2, 0.25) is 0 Å². The van der Waals surface area contributed by atoms with Gasteiger partial charge in [0.1, 0.15) is 6.07 Å². The van der Waals surface area contributed by atoms with Gasteiger partial charge in [0.15, 0.2) is 11.5 Å². The van der Waals surface area contributed by atoms with Crippen molar-refractivity contribution in [1.29, 1.82) is 5.26 Å². The molecule has 0 unspecified atom stereocenters. The fourth-order valence-corrected chi connectivity index (χ4v) is 1.62. The molecule has 0 atom stereocenters. The van der Waals surface area contributed by atoms with Crippen LogP contribution in [-0.2, 0) is 0 Å². The van der Waals surface area contributed by atoms with Gasteiger partial charge in [0.2, 0.25) is 0 Å². The molecule has 0 saturated heterocycles.